The van der Waals surface area contributed by atoms with Gasteiger partial charge >= 0.3 is 0 Å². The number of amides is 1. The quantitative estimate of drug-likeness (QED) is 0.587. The minimum absolute atomic E-state index is 0.0165. The molecule has 0 radical (unpaired) electrons. The van der Waals surface area contributed by atoms with Gasteiger partial charge in [0.2, 0.25) is 5.91 Å². The van der Waals surface area contributed by atoms with Crippen molar-refractivity contribution in [1.82, 2.24) is 4.90 Å². The number of aliphatic hydroxyl groups excluding tert-OH is 1. The van der Waals surface area contributed by atoms with Gasteiger partial charge in [0.05, 0.1) is 25.6 Å². The summed E-state index contributed by atoms with van der Waals surface area (Å²) in [5, 5.41) is 8.78. The molecule has 1 unspecified atom stereocenters. The number of nitrogens with zero attached hydrogens (tertiary/aromatic N) is 1. The maximum Gasteiger partial charge on any atom is 0.233 e. The van der Waals surface area contributed by atoms with Crippen LogP contribution >= 0.6 is 23.5 Å². The van der Waals surface area contributed by atoms with E-state index >= 15 is 0 Å². The van der Waals surface area contributed by atoms with E-state index in [-0.39, 0.29) is 17.9 Å². The fraction of sp³-hybridized carbons (Fsp3) is 0.533. The second kappa shape index (κ2) is 8.68. The van der Waals surface area contributed by atoms with Crippen molar-refractivity contribution in [1.29, 1.82) is 0 Å². The van der Waals surface area contributed by atoms with E-state index in [0.29, 0.717) is 25.5 Å². The van der Waals surface area contributed by atoms with Gasteiger partial charge in [-0.25, -0.2) is 0 Å². The van der Waals surface area contributed by atoms with Crippen molar-refractivity contribution in [3.8, 4) is 0 Å². The number of thioether (sulfide) groups is 2. The van der Waals surface area contributed by atoms with Crippen molar-refractivity contribution in [2.24, 2.45) is 0 Å². The van der Waals surface area contributed by atoms with Gasteiger partial charge in [0.25, 0.3) is 0 Å². The third kappa shape index (κ3) is 4.64. The molecule has 0 spiro atoms. The summed E-state index contributed by atoms with van der Waals surface area (Å²) in [7, 11) is 0. The largest absolute Gasteiger partial charge is 0.394 e. The van der Waals surface area contributed by atoms with Crippen LogP contribution in [0.25, 0.3) is 0 Å². The average molecular weight is 327 g/mol. The number of carbonyl (C=O) groups excluding carboxylic acids is 1. The summed E-state index contributed by atoms with van der Waals surface area (Å²) in [6.07, 6.45) is 0. The zero-order chi connectivity index (χ0) is 15.1. The summed E-state index contributed by atoms with van der Waals surface area (Å²) < 4.78 is 5.27. The van der Waals surface area contributed by atoms with Gasteiger partial charge in [-0.2, -0.15) is 0 Å². The topological polar surface area (TPSA) is 49.8 Å². The minimum Gasteiger partial charge on any atom is -0.394 e. The summed E-state index contributed by atoms with van der Waals surface area (Å²) in [4.78, 5) is 15.1. The van der Waals surface area contributed by atoms with Crippen molar-refractivity contribution in [2.45, 2.75) is 17.2 Å². The first-order valence-electron chi connectivity index (χ1n) is 7.08. The van der Waals surface area contributed by atoms with Crippen LogP contribution < -0.4 is 0 Å². The van der Waals surface area contributed by atoms with Gasteiger partial charge in [-0.15, -0.1) is 23.5 Å². The Kier molecular flexibility index (Phi) is 6.89. The summed E-state index contributed by atoms with van der Waals surface area (Å²) >= 11 is 3.48. The molecule has 1 amide bonds. The molecule has 0 saturated carbocycles. The molecular weight excluding hydrogens is 306 g/mol. The first-order chi connectivity index (χ1) is 10.3. The van der Waals surface area contributed by atoms with Crippen LogP contribution in [0.15, 0.2) is 29.2 Å². The smallest absolute Gasteiger partial charge is 0.233 e. The SMILES string of the molecule is CCSc1ccc(C2SCC(=O)N2CCOCCO)cc1. The molecule has 0 aromatic heterocycles. The normalized spacial score (nSPS) is 18.5. The lowest BCUT2D eigenvalue weighted by atomic mass is 10.2. The van der Waals surface area contributed by atoms with Crippen molar-refractivity contribution >= 4 is 29.4 Å². The van der Waals surface area contributed by atoms with Gasteiger partial charge in [-0.3, -0.25) is 4.79 Å². The maximum absolute atomic E-state index is 12.0. The Hall–Kier alpha value is -0.690. The fourth-order valence-electron chi connectivity index (χ4n) is 2.20. The van der Waals surface area contributed by atoms with E-state index in [1.54, 1.807) is 11.8 Å². The van der Waals surface area contributed by atoms with E-state index in [2.05, 4.69) is 31.2 Å². The van der Waals surface area contributed by atoms with E-state index in [1.807, 2.05) is 16.7 Å². The molecule has 0 bridgehead atoms. The van der Waals surface area contributed by atoms with Crippen molar-refractivity contribution < 1.29 is 14.6 Å². The molecule has 1 atom stereocenters. The van der Waals surface area contributed by atoms with Gasteiger partial charge in [0.15, 0.2) is 0 Å². The average Bonchev–Trinajstić information content (AvgIpc) is 2.86. The van der Waals surface area contributed by atoms with Crippen LogP contribution in [0, 0.1) is 0 Å². The molecule has 1 fully saturated rings. The number of rotatable bonds is 8. The van der Waals surface area contributed by atoms with Gasteiger partial charge < -0.3 is 14.7 Å². The number of benzene rings is 1. The van der Waals surface area contributed by atoms with Crippen LogP contribution in [-0.2, 0) is 9.53 Å². The predicted molar refractivity (Wildman–Crippen MR) is 87.7 cm³/mol. The highest BCUT2D eigenvalue weighted by Gasteiger charge is 2.32. The zero-order valence-corrected chi connectivity index (χ0v) is 13.8. The van der Waals surface area contributed by atoms with Gasteiger partial charge in [0.1, 0.15) is 5.37 Å². The molecule has 1 heterocycles. The number of ether oxygens (including phenoxy) is 1. The molecule has 0 aliphatic carbocycles. The van der Waals surface area contributed by atoms with E-state index in [0.717, 1.165) is 11.3 Å². The summed E-state index contributed by atoms with van der Waals surface area (Å²) in [5.41, 5.74) is 1.16. The summed E-state index contributed by atoms with van der Waals surface area (Å²) in [5.74, 6) is 1.74. The maximum atomic E-state index is 12.0. The first-order valence-corrected chi connectivity index (χ1v) is 9.12. The number of aliphatic hydroxyl groups is 1. The van der Waals surface area contributed by atoms with Crippen molar-refractivity contribution in [3.63, 3.8) is 0 Å². The van der Waals surface area contributed by atoms with Crippen LogP contribution in [-0.4, -0.2) is 53.8 Å². The molecule has 4 nitrogen and oxygen atoms in total. The van der Waals surface area contributed by atoms with Gasteiger partial charge in [-0.1, -0.05) is 19.1 Å². The third-order valence-electron chi connectivity index (χ3n) is 3.16. The van der Waals surface area contributed by atoms with Crippen LogP contribution in [0.3, 0.4) is 0 Å². The van der Waals surface area contributed by atoms with Crippen molar-refractivity contribution in [2.75, 3.05) is 37.9 Å². The molecule has 1 aliphatic rings. The number of hydrogen-bond donors (Lipinski definition) is 1. The molecule has 1 aromatic rings. The monoisotopic (exact) mass is 327 g/mol. The molecule has 1 N–H and O–H groups in total. The second-order valence-corrected chi connectivity index (χ2v) is 6.99. The molecule has 116 valence electrons. The predicted octanol–water partition coefficient (Wildman–Crippen LogP) is 2.38. The van der Waals surface area contributed by atoms with Crippen LogP contribution in [0.2, 0.25) is 0 Å². The Bertz CT molecular complexity index is 453. The second-order valence-electron chi connectivity index (χ2n) is 4.59. The van der Waals surface area contributed by atoms with Crippen LogP contribution in [0.4, 0.5) is 0 Å². The van der Waals surface area contributed by atoms with Crippen molar-refractivity contribution in [3.05, 3.63) is 29.8 Å². The molecule has 21 heavy (non-hydrogen) atoms. The van der Waals surface area contributed by atoms with E-state index in [4.69, 9.17) is 9.84 Å². The molecule has 1 aromatic carbocycles. The Balaban J connectivity index is 1.97. The first kappa shape index (κ1) is 16.7. The highest BCUT2D eigenvalue weighted by atomic mass is 32.2. The van der Waals surface area contributed by atoms with Crippen LogP contribution in [0.5, 0.6) is 0 Å². The molecular formula is C15H21NO3S2. The standard InChI is InChI=1S/C15H21NO3S2/c1-2-20-13-5-3-12(4-6-13)15-16(14(18)11-21-15)7-9-19-10-8-17/h3-6,15,17H,2,7-11H2,1H3. The number of carbonyl (C=O) groups is 1. The molecule has 1 aliphatic heterocycles. The van der Waals surface area contributed by atoms with Gasteiger partial charge in [0, 0.05) is 11.4 Å². The van der Waals surface area contributed by atoms with Gasteiger partial charge in [-0.05, 0) is 23.4 Å². The molecule has 1 saturated heterocycles. The Morgan fingerprint density at radius 2 is 2.14 bits per heavy atom. The zero-order valence-electron chi connectivity index (χ0n) is 12.2. The number of hydrogen-bond acceptors (Lipinski definition) is 5. The Morgan fingerprint density at radius 3 is 2.81 bits per heavy atom. The lowest BCUT2D eigenvalue weighted by molar-refractivity contribution is -0.128. The highest BCUT2D eigenvalue weighted by Crippen LogP contribution is 2.38. The Labute approximate surface area is 134 Å². The van der Waals surface area contributed by atoms with E-state index in [9.17, 15) is 4.79 Å². The van der Waals surface area contributed by atoms with Crippen LogP contribution in [0.1, 0.15) is 17.9 Å². The summed E-state index contributed by atoms with van der Waals surface area (Å²) in [6, 6.07) is 8.45. The fourth-order valence-corrected chi connectivity index (χ4v) is 4.08. The lowest BCUT2D eigenvalue weighted by Crippen LogP contribution is -2.31. The minimum atomic E-state index is 0.0165. The third-order valence-corrected chi connectivity index (χ3v) is 5.31. The molecule has 6 heteroatoms. The summed E-state index contributed by atoms with van der Waals surface area (Å²) in [6.45, 7) is 3.51. The highest BCUT2D eigenvalue weighted by molar-refractivity contribution is 8.00. The lowest BCUT2D eigenvalue weighted by Gasteiger charge is -2.24. The molecule has 2 rings (SSSR count). The van der Waals surface area contributed by atoms with E-state index in [1.165, 1.54) is 4.90 Å². The Morgan fingerprint density at radius 1 is 1.38 bits per heavy atom. The van der Waals surface area contributed by atoms with E-state index < -0.39 is 0 Å².